The van der Waals surface area contributed by atoms with Gasteiger partial charge in [0.25, 0.3) is 0 Å². The Morgan fingerprint density at radius 2 is 2.20 bits per heavy atom. The molecular weight excluding hydrogens is 250 g/mol. The molecule has 0 aliphatic carbocycles. The maximum Gasteiger partial charge on any atom is 0.152 e. The third kappa shape index (κ3) is 2.54. The molecular formula is C15H21N5. The van der Waals surface area contributed by atoms with E-state index in [1.54, 1.807) is 0 Å². The number of hydrogen-bond donors (Lipinski definition) is 1. The Kier molecular flexibility index (Phi) is 3.69. The molecule has 106 valence electrons. The van der Waals surface area contributed by atoms with Crippen LogP contribution < -0.4 is 10.2 Å². The standard InChI is InChI=1S/C15H21N5/c1-3-16-9-13-4-5-14(12(2)8-13)19-6-7-20-11-17-18-15(20)10-19/h4-5,8,11,16H,3,6-7,9-10H2,1-2H3. The minimum absolute atomic E-state index is 0.841. The number of anilines is 1. The summed E-state index contributed by atoms with van der Waals surface area (Å²) in [6.07, 6.45) is 1.82. The number of fused-ring (bicyclic) bond motifs is 1. The monoisotopic (exact) mass is 271 g/mol. The third-order valence-corrected chi connectivity index (χ3v) is 3.82. The summed E-state index contributed by atoms with van der Waals surface area (Å²) in [6.45, 7) is 9.07. The molecule has 2 heterocycles. The molecule has 1 aromatic carbocycles. The van der Waals surface area contributed by atoms with Crippen LogP contribution in [0.15, 0.2) is 24.5 Å². The quantitative estimate of drug-likeness (QED) is 0.919. The van der Waals surface area contributed by atoms with Crippen molar-refractivity contribution >= 4 is 5.69 Å². The van der Waals surface area contributed by atoms with Crippen LogP contribution in [0.1, 0.15) is 23.9 Å². The van der Waals surface area contributed by atoms with Gasteiger partial charge in [0, 0.05) is 25.3 Å². The fourth-order valence-corrected chi connectivity index (χ4v) is 2.72. The zero-order valence-electron chi connectivity index (χ0n) is 12.1. The van der Waals surface area contributed by atoms with Crippen molar-refractivity contribution < 1.29 is 0 Å². The average molecular weight is 271 g/mol. The van der Waals surface area contributed by atoms with Gasteiger partial charge in [0.1, 0.15) is 6.33 Å². The van der Waals surface area contributed by atoms with Crippen LogP contribution in [0.2, 0.25) is 0 Å². The number of aryl methyl sites for hydroxylation is 1. The fraction of sp³-hybridized carbons (Fsp3) is 0.467. The largest absolute Gasteiger partial charge is 0.362 e. The molecule has 1 aromatic heterocycles. The second-order valence-electron chi connectivity index (χ2n) is 5.26. The van der Waals surface area contributed by atoms with Crippen molar-refractivity contribution in [2.24, 2.45) is 0 Å². The molecule has 0 amide bonds. The molecule has 0 bridgehead atoms. The third-order valence-electron chi connectivity index (χ3n) is 3.82. The zero-order valence-corrected chi connectivity index (χ0v) is 12.1. The first-order chi connectivity index (χ1) is 9.78. The van der Waals surface area contributed by atoms with E-state index in [9.17, 15) is 0 Å². The van der Waals surface area contributed by atoms with E-state index >= 15 is 0 Å². The summed E-state index contributed by atoms with van der Waals surface area (Å²) >= 11 is 0. The molecule has 0 spiro atoms. The van der Waals surface area contributed by atoms with Crippen molar-refractivity contribution in [3.63, 3.8) is 0 Å². The lowest BCUT2D eigenvalue weighted by Gasteiger charge is -2.30. The highest BCUT2D eigenvalue weighted by Gasteiger charge is 2.18. The summed E-state index contributed by atoms with van der Waals surface area (Å²) in [5.74, 6) is 1.05. The highest BCUT2D eigenvalue weighted by molar-refractivity contribution is 5.54. The molecule has 1 aliphatic heterocycles. The maximum absolute atomic E-state index is 4.18. The average Bonchev–Trinajstić information content (AvgIpc) is 2.92. The first-order valence-electron chi connectivity index (χ1n) is 7.20. The number of rotatable bonds is 4. The van der Waals surface area contributed by atoms with Gasteiger partial charge in [-0.3, -0.25) is 0 Å². The zero-order chi connectivity index (χ0) is 13.9. The molecule has 2 aromatic rings. The Morgan fingerprint density at radius 3 is 3.00 bits per heavy atom. The van der Waals surface area contributed by atoms with Crippen LogP contribution in [0.3, 0.4) is 0 Å². The van der Waals surface area contributed by atoms with Gasteiger partial charge in [0.2, 0.25) is 0 Å². The minimum Gasteiger partial charge on any atom is -0.362 e. The number of nitrogens with one attached hydrogen (secondary N) is 1. The second-order valence-corrected chi connectivity index (χ2v) is 5.26. The van der Waals surface area contributed by atoms with Crippen LogP contribution in [-0.2, 0) is 19.6 Å². The molecule has 20 heavy (non-hydrogen) atoms. The number of aromatic nitrogens is 3. The summed E-state index contributed by atoms with van der Waals surface area (Å²) in [7, 11) is 0. The first-order valence-corrected chi connectivity index (χ1v) is 7.20. The smallest absolute Gasteiger partial charge is 0.152 e. The Bertz CT molecular complexity index is 590. The Morgan fingerprint density at radius 1 is 1.30 bits per heavy atom. The molecule has 5 heteroatoms. The summed E-state index contributed by atoms with van der Waals surface area (Å²) in [5.41, 5.74) is 3.97. The molecule has 3 rings (SSSR count). The SMILES string of the molecule is CCNCc1ccc(N2CCn3cnnc3C2)c(C)c1. The molecule has 0 radical (unpaired) electrons. The van der Waals surface area contributed by atoms with Gasteiger partial charge in [-0.25, -0.2) is 0 Å². The van der Waals surface area contributed by atoms with Gasteiger partial charge in [-0.1, -0.05) is 19.1 Å². The minimum atomic E-state index is 0.841. The van der Waals surface area contributed by atoms with Gasteiger partial charge in [-0.15, -0.1) is 10.2 Å². The van der Waals surface area contributed by atoms with E-state index in [4.69, 9.17) is 0 Å². The van der Waals surface area contributed by atoms with Gasteiger partial charge in [0.05, 0.1) is 6.54 Å². The van der Waals surface area contributed by atoms with E-state index in [0.29, 0.717) is 0 Å². The summed E-state index contributed by atoms with van der Waals surface area (Å²) in [6, 6.07) is 6.72. The highest BCUT2D eigenvalue weighted by atomic mass is 15.3. The van der Waals surface area contributed by atoms with Crippen LogP contribution in [0.5, 0.6) is 0 Å². The van der Waals surface area contributed by atoms with Crippen molar-refractivity contribution in [1.29, 1.82) is 0 Å². The predicted octanol–water partition coefficient (Wildman–Crippen LogP) is 1.72. The van der Waals surface area contributed by atoms with Crippen LogP contribution in [0.4, 0.5) is 5.69 Å². The van der Waals surface area contributed by atoms with E-state index in [2.05, 4.69) is 57.0 Å². The number of nitrogens with zero attached hydrogens (tertiary/aromatic N) is 4. The lowest BCUT2D eigenvalue weighted by molar-refractivity contribution is 0.559. The van der Waals surface area contributed by atoms with E-state index < -0.39 is 0 Å². The predicted molar refractivity (Wildman–Crippen MR) is 79.6 cm³/mol. The van der Waals surface area contributed by atoms with Gasteiger partial charge in [0.15, 0.2) is 5.82 Å². The molecule has 5 nitrogen and oxygen atoms in total. The van der Waals surface area contributed by atoms with Gasteiger partial charge in [-0.2, -0.15) is 0 Å². The fourth-order valence-electron chi connectivity index (χ4n) is 2.72. The second kappa shape index (κ2) is 5.63. The van der Waals surface area contributed by atoms with Crippen molar-refractivity contribution in [3.8, 4) is 0 Å². The Hall–Kier alpha value is -1.88. The first kappa shape index (κ1) is 13.1. The summed E-state index contributed by atoms with van der Waals surface area (Å²) in [5, 5.41) is 11.5. The Labute approximate surface area is 119 Å². The summed E-state index contributed by atoms with van der Waals surface area (Å²) in [4.78, 5) is 2.39. The van der Waals surface area contributed by atoms with E-state index in [1.807, 2.05) is 6.33 Å². The molecule has 0 unspecified atom stereocenters. The molecule has 0 saturated carbocycles. The number of benzene rings is 1. The molecule has 0 atom stereocenters. The van der Waals surface area contributed by atoms with Crippen LogP contribution in [0, 0.1) is 6.92 Å². The van der Waals surface area contributed by atoms with Crippen LogP contribution in [0.25, 0.3) is 0 Å². The van der Waals surface area contributed by atoms with E-state index in [-0.39, 0.29) is 0 Å². The summed E-state index contributed by atoms with van der Waals surface area (Å²) < 4.78 is 2.13. The normalized spacial score (nSPS) is 14.4. The molecule has 1 N–H and O–H groups in total. The van der Waals surface area contributed by atoms with Crippen molar-refractivity contribution in [2.75, 3.05) is 18.0 Å². The van der Waals surface area contributed by atoms with Crippen molar-refractivity contribution in [1.82, 2.24) is 20.1 Å². The Balaban J connectivity index is 1.78. The molecule has 0 saturated heterocycles. The lowest BCUT2D eigenvalue weighted by atomic mass is 10.1. The number of hydrogen-bond acceptors (Lipinski definition) is 4. The highest BCUT2D eigenvalue weighted by Crippen LogP contribution is 2.24. The topological polar surface area (TPSA) is 46.0 Å². The lowest BCUT2D eigenvalue weighted by Crippen LogP contribution is -2.34. The van der Waals surface area contributed by atoms with Crippen molar-refractivity contribution in [2.45, 2.75) is 33.5 Å². The maximum atomic E-state index is 4.18. The van der Waals surface area contributed by atoms with E-state index in [0.717, 1.165) is 38.5 Å². The van der Waals surface area contributed by atoms with Gasteiger partial charge >= 0.3 is 0 Å². The van der Waals surface area contributed by atoms with Crippen LogP contribution in [-0.4, -0.2) is 27.9 Å². The van der Waals surface area contributed by atoms with Gasteiger partial charge < -0.3 is 14.8 Å². The molecule has 1 aliphatic rings. The van der Waals surface area contributed by atoms with Gasteiger partial charge in [-0.05, 0) is 30.7 Å². The molecule has 0 fully saturated rings. The van der Waals surface area contributed by atoms with Crippen LogP contribution >= 0.6 is 0 Å². The van der Waals surface area contributed by atoms with Crippen molar-refractivity contribution in [3.05, 3.63) is 41.5 Å². The van der Waals surface area contributed by atoms with E-state index in [1.165, 1.54) is 16.8 Å².